The number of para-hydroxylation sites is 1. The number of benzene rings is 1. The van der Waals surface area contributed by atoms with E-state index in [-0.39, 0.29) is 0 Å². The molecule has 0 aliphatic rings. The first kappa shape index (κ1) is 17.0. The highest BCUT2D eigenvalue weighted by Crippen LogP contribution is 2.18. The van der Waals surface area contributed by atoms with E-state index < -0.39 is 0 Å². The maximum Gasteiger partial charge on any atom is 0.225 e. The molecule has 0 aliphatic carbocycles. The summed E-state index contributed by atoms with van der Waals surface area (Å²) in [6.07, 6.45) is 6.57. The van der Waals surface area contributed by atoms with E-state index in [1.54, 1.807) is 12.4 Å². The van der Waals surface area contributed by atoms with Gasteiger partial charge in [-0.3, -0.25) is 4.98 Å². The van der Waals surface area contributed by atoms with Crippen LogP contribution < -0.4 is 10.6 Å². The van der Waals surface area contributed by atoms with Crippen molar-refractivity contribution in [2.75, 3.05) is 17.2 Å². The van der Waals surface area contributed by atoms with Crippen LogP contribution in [0.3, 0.4) is 0 Å². The van der Waals surface area contributed by atoms with Crippen molar-refractivity contribution < 1.29 is 0 Å². The number of aromatic nitrogens is 4. The number of hydrogen-bond acceptors (Lipinski definition) is 5. The number of nitrogens with zero attached hydrogens (tertiary/aromatic N) is 3. The van der Waals surface area contributed by atoms with Gasteiger partial charge in [-0.2, -0.15) is 4.98 Å². The molecule has 0 unspecified atom stereocenters. The summed E-state index contributed by atoms with van der Waals surface area (Å²) in [4.78, 5) is 16.4. The van der Waals surface area contributed by atoms with Gasteiger partial charge < -0.3 is 15.6 Å². The molecule has 3 aromatic heterocycles. The Kier molecular flexibility index (Phi) is 4.96. The largest absolute Gasteiger partial charge is 0.370 e. The van der Waals surface area contributed by atoms with Gasteiger partial charge in [0.2, 0.25) is 5.95 Å². The van der Waals surface area contributed by atoms with Crippen molar-refractivity contribution in [1.82, 2.24) is 19.9 Å². The Bertz CT molecular complexity index is 1030. The van der Waals surface area contributed by atoms with E-state index in [4.69, 9.17) is 0 Å². The van der Waals surface area contributed by atoms with Gasteiger partial charge in [-0.05, 0) is 42.7 Å². The second kappa shape index (κ2) is 7.86. The van der Waals surface area contributed by atoms with Crippen molar-refractivity contribution in [2.24, 2.45) is 0 Å². The summed E-state index contributed by atoms with van der Waals surface area (Å²) in [6, 6.07) is 14.3. The number of aromatic amines is 1. The van der Waals surface area contributed by atoms with E-state index in [0.717, 1.165) is 30.0 Å². The molecule has 4 aromatic rings. The summed E-state index contributed by atoms with van der Waals surface area (Å²) < 4.78 is 0. The van der Waals surface area contributed by atoms with Gasteiger partial charge in [-0.25, -0.2) is 4.98 Å². The van der Waals surface area contributed by atoms with Crippen LogP contribution in [-0.2, 0) is 13.0 Å². The Labute approximate surface area is 158 Å². The number of rotatable bonds is 7. The third-order valence-corrected chi connectivity index (χ3v) is 4.43. The third kappa shape index (κ3) is 4.23. The molecule has 0 spiro atoms. The molecule has 6 heteroatoms. The molecular weight excluding hydrogens is 336 g/mol. The van der Waals surface area contributed by atoms with Crippen molar-refractivity contribution in [3.05, 3.63) is 77.9 Å². The van der Waals surface area contributed by atoms with Crippen LogP contribution in [0.25, 0.3) is 10.9 Å². The number of anilines is 2. The fraction of sp³-hybridized carbons (Fsp3) is 0.190. The summed E-state index contributed by atoms with van der Waals surface area (Å²) in [7, 11) is 0. The highest BCUT2D eigenvalue weighted by molar-refractivity contribution is 5.83. The minimum absolute atomic E-state index is 0.626. The summed E-state index contributed by atoms with van der Waals surface area (Å²) >= 11 is 0. The molecule has 6 nitrogen and oxygen atoms in total. The van der Waals surface area contributed by atoms with Crippen LogP contribution in [0.15, 0.2) is 61.1 Å². The predicted molar refractivity (Wildman–Crippen MR) is 109 cm³/mol. The van der Waals surface area contributed by atoms with Crippen LogP contribution in [0.5, 0.6) is 0 Å². The van der Waals surface area contributed by atoms with Crippen LogP contribution in [0.4, 0.5) is 11.8 Å². The lowest BCUT2D eigenvalue weighted by molar-refractivity contribution is 0.985. The number of aryl methyl sites for hydroxylation is 1. The summed E-state index contributed by atoms with van der Waals surface area (Å²) in [6.45, 7) is 3.45. The van der Waals surface area contributed by atoms with Crippen molar-refractivity contribution in [3.8, 4) is 0 Å². The first-order valence-electron chi connectivity index (χ1n) is 9.05. The van der Waals surface area contributed by atoms with E-state index in [1.807, 2.05) is 31.2 Å². The molecule has 3 heterocycles. The van der Waals surface area contributed by atoms with Crippen LogP contribution in [0.2, 0.25) is 0 Å². The molecule has 0 amide bonds. The predicted octanol–water partition coefficient (Wildman–Crippen LogP) is 3.93. The molecule has 0 bridgehead atoms. The molecule has 0 fully saturated rings. The normalized spacial score (nSPS) is 10.9. The molecule has 0 radical (unpaired) electrons. The summed E-state index contributed by atoms with van der Waals surface area (Å²) in [5, 5.41) is 7.96. The molecular formula is C21H22N6. The van der Waals surface area contributed by atoms with Gasteiger partial charge in [0, 0.05) is 54.3 Å². The van der Waals surface area contributed by atoms with Crippen molar-refractivity contribution in [3.63, 3.8) is 0 Å². The Balaban J connectivity index is 1.38. The van der Waals surface area contributed by atoms with Gasteiger partial charge in [0.1, 0.15) is 5.82 Å². The number of pyridine rings is 1. The summed E-state index contributed by atoms with van der Waals surface area (Å²) in [5.74, 6) is 1.46. The topological polar surface area (TPSA) is 78.5 Å². The van der Waals surface area contributed by atoms with Gasteiger partial charge >= 0.3 is 0 Å². The maximum atomic E-state index is 4.57. The smallest absolute Gasteiger partial charge is 0.225 e. The Morgan fingerprint density at radius 1 is 1.00 bits per heavy atom. The monoisotopic (exact) mass is 358 g/mol. The average Bonchev–Trinajstić information content (AvgIpc) is 3.10. The summed E-state index contributed by atoms with van der Waals surface area (Å²) in [5.41, 5.74) is 4.55. The van der Waals surface area contributed by atoms with Gasteiger partial charge in [0.05, 0.1) is 0 Å². The van der Waals surface area contributed by atoms with Gasteiger partial charge in [-0.15, -0.1) is 0 Å². The molecule has 4 rings (SSSR count). The van der Waals surface area contributed by atoms with Crippen molar-refractivity contribution in [1.29, 1.82) is 0 Å². The second-order valence-electron chi connectivity index (χ2n) is 6.46. The number of H-pyrrole nitrogens is 1. The molecule has 0 atom stereocenters. The molecule has 27 heavy (non-hydrogen) atoms. The Hall–Kier alpha value is -3.41. The van der Waals surface area contributed by atoms with E-state index in [9.17, 15) is 0 Å². The fourth-order valence-electron chi connectivity index (χ4n) is 3.08. The van der Waals surface area contributed by atoms with Crippen molar-refractivity contribution in [2.45, 2.75) is 19.9 Å². The van der Waals surface area contributed by atoms with E-state index in [2.05, 4.69) is 55.0 Å². The first-order valence-corrected chi connectivity index (χ1v) is 9.05. The molecule has 0 aliphatic heterocycles. The van der Waals surface area contributed by atoms with E-state index in [1.165, 1.54) is 16.5 Å². The van der Waals surface area contributed by atoms with Gasteiger partial charge in [0.25, 0.3) is 0 Å². The SMILES string of the molecule is Cc1cc(NCCc2c[nH]c3ccccc23)nc(NCc2ccncc2)n1. The fourth-order valence-corrected chi connectivity index (χ4v) is 3.08. The standard InChI is InChI=1S/C21H22N6/c1-15-12-20(27-21(26-15)25-13-16-6-9-22-10-7-16)23-11-8-17-14-24-19-5-3-2-4-18(17)19/h2-7,9-10,12,14,24H,8,11,13H2,1H3,(H2,23,25,26,27). The first-order chi connectivity index (χ1) is 13.3. The lowest BCUT2D eigenvalue weighted by Crippen LogP contribution is -2.10. The number of nitrogens with one attached hydrogen (secondary N) is 3. The maximum absolute atomic E-state index is 4.57. The lowest BCUT2D eigenvalue weighted by Gasteiger charge is -2.10. The third-order valence-electron chi connectivity index (χ3n) is 4.43. The molecule has 0 saturated heterocycles. The zero-order valence-corrected chi connectivity index (χ0v) is 15.2. The zero-order chi connectivity index (χ0) is 18.5. The minimum Gasteiger partial charge on any atom is -0.370 e. The Morgan fingerprint density at radius 2 is 1.85 bits per heavy atom. The lowest BCUT2D eigenvalue weighted by atomic mass is 10.1. The molecule has 3 N–H and O–H groups in total. The average molecular weight is 358 g/mol. The second-order valence-corrected chi connectivity index (χ2v) is 6.46. The zero-order valence-electron chi connectivity index (χ0n) is 15.2. The van der Waals surface area contributed by atoms with E-state index >= 15 is 0 Å². The molecule has 136 valence electrons. The van der Waals surface area contributed by atoms with Crippen LogP contribution in [-0.4, -0.2) is 26.5 Å². The van der Waals surface area contributed by atoms with Gasteiger partial charge in [0.15, 0.2) is 0 Å². The van der Waals surface area contributed by atoms with E-state index in [0.29, 0.717) is 12.5 Å². The van der Waals surface area contributed by atoms with Crippen LogP contribution in [0.1, 0.15) is 16.8 Å². The highest BCUT2D eigenvalue weighted by Gasteiger charge is 2.05. The number of fused-ring (bicyclic) bond motifs is 1. The molecule has 1 aromatic carbocycles. The van der Waals surface area contributed by atoms with Gasteiger partial charge in [-0.1, -0.05) is 18.2 Å². The van der Waals surface area contributed by atoms with Crippen LogP contribution >= 0.6 is 0 Å². The highest BCUT2D eigenvalue weighted by atomic mass is 15.1. The van der Waals surface area contributed by atoms with Crippen LogP contribution in [0, 0.1) is 6.92 Å². The van der Waals surface area contributed by atoms with Crippen molar-refractivity contribution >= 4 is 22.7 Å². The quantitative estimate of drug-likeness (QED) is 0.466. The number of hydrogen-bond donors (Lipinski definition) is 3. The minimum atomic E-state index is 0.626. The molecule has 0 saturated carbocycles. The Morgan fingerprint density at radius 3 is 2.74 bits per heavy atom.